The molecule has 0 spiro atoms. The molecule has 0 bridgehead atoms. The maximum Gasteiger partial charge on any atom is 0.237 e. The molecule has 4 heteroatoms. The van der Waals surface area contributed by atoms with Gasteiger partial charge in [-0.15, -0.1) is 0 Å². The Hall–Kier alpha value is -1.58. The molecule has 1 amide bonds. The summed E-state index contributed by atoms with van der Waals surface area (Å²) in [6, 6.07) is 0. The van der Waals surface area contributed by atoms with Crippen molar-refractivity contribution in [2.45, 2.75) is 51.4 Å². The second kappa shape index (κ2) is 6.04. The van der Waals surface area contributed by atoms with E-state index in [1.54, 1.807) is 4.90 Å². The van der Waals surface area contributed by atoms with Crippen molar-refractivity contribution in [2.75, 3.05) is 13.6 Å². The van der Waals surface area contributed by atoms with Crippen molar-refractivity contribution in [3.05, 3.63) is 23.0 Å². The summed E-state index contributed by atoms with van der Waals surface area (Å²) < 4.78 is 0. The van der Waals surface area contributed by atoms with Crippen molar-refractivity contribution in [3.8, 4) is 0 Å². The average molecular weight is 288 g/mol. The third-order valence-electron chi connectivity index (χ3n) is 4.95. The van der Waals surface area contributed by atoms with Gasteiger partial charge in [-0.3, -0.25) is 9.59 Å². The van der Waals surface area contributed by atoms with Crippen LogP contribution in [0.3, 0.4) is 0 Å². The van der Waals surface area contributed by atoms with Gasteiger partial charge in [0.05, 0.1) is 12.5 Å². The van der Waals surface area contributed by atoms with Gasteiger partial charge in [0.2, 0.25) is 5.91 Å². The smallest absolute Gasteiger partial charge is 0.237 e. The lowest BCUT2D eigenvalue weighted by atomic mass is 9.86. The Morgan fingerprint density at radius 1 is 1.19 bits per heavy atom. The molecule has 1 unspecified atom stereocenters. The van der Waals surface area contributed by atoms with E-state index in [9.17, 15) is 9.59 Å². The highest BCUT2D eigenvalue weighted by Crippen LogP contribution is 2.29. The molecule has 21 heavy (non-hydrogen) atoms. The van der Waals surface area contributed by atoms with Crippen LogP contribution < -0.4 is 5.32 Å². The Kier molecular flexibility index (Phi) is 4.13. The van der Waals surface area contributed by atoms with E-state index in [-0.39, 0.29) is 11.7 Å². The first-order valence-electron chi connectivity index (χ1n) is 8.13. The molecule has 0 aromatic rings. The van der Waals surface area contributed by atoms with Crippen LogP contribution in [-0.4, -0.2) is 30.2 Å². The zero-order valence-electron chi connectivity index (χ0n) is 12.8. The molecule has 1 saturated carbocycles. The van der Waals surface area contributed by atoms with Gasteiger partial charge in [0, 0.05) is 24.9 Å². The molecular weight excluding hydrogens is 264 g/mol. The van der Waals surface area contributed by atoms with E-state index in [0.717, 1.165) is 37.8 Å². The lowest BCUT2D eigenvalue weighted by Gasteiger charge is -2.32. The Labute approximate surface area is 126 Å². The van der Waals surface area contributed by atoms with Crippen LogP contribution in [0.25, 0.3) is 0 Å². The lowest BCUT2D eigenvalue weighted by Crippen LogP contribution is -2.41. The molecule has 0 aromatic heterocycles. The number of Topliss-reactive ketones (excluding diaryl/α,β-unsaturated/α-hetero) is 1. The molecule has 1 aliphatic heterocycles. The molecule has 1 N–H and O–H groups in total. The van der Waals surface area contributed by atoms with Gasteiger partial charge in [0.15, 0.2) is 0 Å². The van der Waals surface area contributed by atoms with E-state index >= 15 is 0 Å². The fraction of sp³-hybridized carbons (Fsp3) is 0.647. The highest BCUT2D eigenvalue weighted by Gasteiger charge is 2.32. The number of carbonyl (C=O) groups is 2. The highest BCUT2D eigenvalue weighted by atomic mass is 16.2. The first-order chi connectivity index (χ1) is 10.2. The fourth-order valence-electron chi connectivity index (χ4n) is 3.57. The standard InChI is InChI=1S/C17H24N2O2/c1-19(17(21)14-7-3-5-9-16(14)20)13-10-12-6-2-4-8-15(12)18-11-13/h10,14,18H,2-9,11H2,1H3. The van der Waals surface area contributed by atoms with Crippen LogP contribution in [-0.2, 0) is 9.59 Å². The van der Waals surface area contributed by atoms with E-state index in [0.29, 0.717) is 13.0 Å². The maximum absolute atomic E-state index is 12.6. The normalized spacial score (nSPS) is 25.9. The second-order valence-corrected chi connectivity index (χ2v) is 6.36. The van der Waals surface area contributed by atoms with Crippen molar-refractivity contribution in [1.82, 2.24) is 10.2 Å². The predicted molar refractivity (Wildman–Crippen MR) is 81.3 cm³/mol. The fourth-order valence-corrected chi connectivity index (χ4v) is 3.57. The van der Waals surface area contributed by atoms with Crippen molar-refractivity contribution in [2.24, 2.45) is 5.92 Å². The van der Waals surface area contributed by atoms with Gasteiger partial charge in [-0.1, -0.05) is 6.42 Å². The average Bonchev–Trinajstić information content (AvgIpc) is 2.53. The monoisotopic (exact) mass is 288 g/mol. The van der Waals surface area contributed by atoms with Gasteiger partial charge in [0.25, 0.3) is 0 Å². The number of nitrogens with zero attached hydrogens (tertiary/aromatic N) is 1. The van der Waals surface area contributed by atoms with Crippen LogP contribution in [0, 0.1) is 5.92 Å². The van der Waals surface area contributed by atoms with Crippen LogP contribution in [0.4, 0.5) is 0 Å². The molecule has 1 heterocycles. The largest absolute Gasteiger partial charge is 0.383 e. The number of hydrogen-bond donors (Lipinski definition) is 1. The molecule has 3 rings (SSSR count). The summed E-state index contributed by atoms with van der Waals surface area (Å²) in [7, 11) is 1.81. The van der Waals surface area contributed by atoms with Crippen LogP contribution >= 0.6 is 0 Å². The maximum atomic E-state index is 12.6. The van der Waals surface area contributed by atoms with Gasteiger partial charge in [0.1, 0.15) is 5.78 Å². The third kappa shape index (κ3) is 2.89. The Bertz CT molecular complexity index is 519. The summed E-state index contributed by atoms with van der Waals surface area (Å²) in [6.45, 7) is 0.696. The molecule has 1 fully saturated rings. The molecule has 1 atom stereocenters. The van der Waals surface area contributed by atoms with E-state index in [1.807, 2.05) is 7.05 Å². The number of carbonyl (C=O) groups excluding carboxylic acids is 2. The minimum atomic E-state index is -0.411. The minimum absolute atomic E-state index is 0.0207. The van der Waals surface area contributed by atoms with E-state index in [4.69, 9.17) is 0 Å². The number of dihydropyridines is 1. The van der Waals surface area contributed by atoms with E-state index in [1.165, 1.54) is 24.1 Å². The second-order valence-electron chi connectivity index (χ2n) is 6.36. The van der Waals surface area contributed by atoms with Crippen LogP contribution in [0.1, 0.15) is 51.4 Å². The van der Waals surface area contributed by atoms with Gasteiger partial charge in [-0.05, 0) is 50.2 Å². The zero-order chi connectivity index (χ0) is 14.8. The number of nitrogens with one attached hydrogen (secondary N) is 1. The predicted octanol–water partition coefficient (Wildman–Crippen LogP) is 2.52. The summed E-state index contributed by atoms with van der Waals surface area (Å²) in [4.78, 5) is 26.3. The molecule has 4 nitrogen and oxygen atoms in total. The number of amides is 1. The number of likely N-dealkylation sites (N-methyl/N-ethyl adjacent to an activating group) is 1. The first kappa shape index (κ1) is 14.4. The number of ketones is 1. The van der Waals surface area contributed by atoms with Crippen molar-refractivity contribution < 1.29 is 9.59 Å². The Morgan fingerprint density at radius 3 is 2.76 bits per heavy atom. The molecule has 2 aliphatic carbocycles. The molecular formula is C17H24N2O2. The highest BCUT2D eigenvalue weighted by molar-refractivity contribution is 6.02. The van der Waals surface area contributed by atoms with E-state index in [2.05, 4.69) is 11.4 Å². The summed E-state index contributed by atoms with van der Waals surface area (Å²) in [6.07, 6.45) is 10.1. The zero-order valence-corrected chi connectivity index (χ0v) is 12.8. The summed E-state index contributed by atoms with van der Waals surface area (Å²) in [5, 5.41) is 3.45. The van der Waals surface area contributed by atoms with Crippen LogP contribution in [0.15, 0.2) is 23.0 Å². The van der Waals surface area contributed by atoms with Crippen LogP contribution in [0.5, 0.6) is 0 Å². The Balaban J connectivity index is 1.74. The Morgan fingerprint density at radius 2 is 1.95 bits per heavy atom. The lowest BCUT2D eigenvalue weighted by molar-refractivity contribution is -0.140. The summed E-state index contributed by atoms with van der Waals surface area (Å²) >= 11 is 0. The first-order valence-corrected chi connectivity index (χ1v) is 8.13. The number of rotatable bonds is 2. The number of hydrogen-bond acceptors (Lipinski definition) is 3. The van der Waals surface area contributed by atoms with Crippen molar-refractivity contribution in [1.29, 1.82) is 0 Å². The SMILES string of the molecule is CN(C(=O)C1CCCCC1=O)C1=CC2=C(CCCC2)NC1. The van der Waals surface area contributed by atoms with Crippen molar-refractivity contribution in [3.63, 3.8) is 0 Å². The molecule has 0 saturated heterocycles. The molecule has 0 aromatic carbocycles. The van der Waals surface area contributed by atoms with Gasteiger partial charge >= 0.3 is 0 Å². The van der Waals surface area contributed by atoms with Crippen molar-refractivity contribution >= 4 is 11.7 Å². The molecule has 3 aliphatic rings. The van der Waals surface area contributed by atoms with Gasteiger partial charge in [-0.25, -0.2) is 0 Å². The van der Waals surface area contributed by atoms with Crippen LogP contribution in [0.2, 0.25) is 0 Å². The summed E-state index contributed by atoms with van der Waals surface area (Å²) in [5.74, 6) is -0.306. The summed E-state index contributed by atoms with van der Waals surface area (Å²) in [5.41, 5.74) is 3.69. The minimum Gasteiger partial charge on any atom is -0.383 e. The van der Waals surface area contributed by atoms with E-state index < -0.39 is 5.92 Å². The van der Waals surface area contributed by atoms with Gasteiger partial charge < -0.3 is 10.2 Å². The molecule has 0 radical (unpaired) electrons. The molecule has 114 valence electrons. The quantitative estimate of drug-likeness (QED) is 0.794. The van der Waals surface area contributed by atoms with Gasteiger partial charge in [-0.2, -0.15) is 0 Å². The number of allylic oxidation sites excluding steroid dienone is 3. The third-order valence-corrected chi connectivity index (χ3v) is 4.95. The topological polar surface area (TPSA) is 49.4 Å².